The van der Waals surface area contributed by atoms with E-state index in [1.807, 2.05) is 0 Å². The second kappa shape index (κ2) is 3.12. The molecule has 0 amide bonds. The van der Waals surface area contributed by atoms with Crippen molar-refractivity contribution in [2.75, 3.05) is 6.54 Å². The van der Waals surface area contributed by atoms with Crippen LogP contribution >= 0.6 is 0 Å². The fourth-order valence-corrected chi connectivity index (χ4v) is 1.13. The predicted octanol–water partition coefficient (Wildman–Crippen LogP) is -0.279. The Morgan fingerprint density at radius 3 is 3.23 bits per heavy atom. The molecule has 5 nitrogen and oxygen atoms in total. The zero-order valence-corrected chi connectivity index (χ0v) is 6.96. The Balaban J connectivity index is 2.48. The molecule has 68 valence electrons. The molecule has 0 radical (unpaired) electrons. The molecule has 0 aliphatic carbocycles. The van der Waals surface area contributed by atoms with Crippen LogP contribution in [0.1, 0.15) is 11.7 Å². The number of nitrogens with zero attached hydrogens (tertiary/aromatic N) is 3. The zero-order valence-electron chi connectivity index (χ0n) is 6.96. The van der Waals surface area contributed by atoms with Gasteiger partial charge in [0, 0.05) is 30.6 Å². The first-order chi connectivity index (χ1) is 6.31. The van der Waals surface area contributed by atoms with Crippen molar-refractivity contribution >= 4 is 5.65 Å². The smallest absolute Gasteiger partial charge is 0.154 e. The van der Waals surface area contributed by atoms with Crippen LogP contribution in [0, 0.1) is 0 Å². The number of rotatable bonds is 2. The van der Waals surface area contributed by atoms with Gasteiger partial charge in [0.05, 0.1) is 12.3 Å². The SMILES string of the molecule is NC[C@@H](O)c1cnc2ccnn2c1. The molecule has 0 saturated carbocycles. The van der Waals surface area contributed by atoms with Gasteiger partial charge in [0.2, 0.25) is 0 Å². The van der Waals surface area contributed by atoms with Crippen LogP contribution in [0.4, 0.5) is 0 Å². The Morgan fingerprint density at radius 2 is 2.46 bits per heavy atom. The topological polar surface area (TPSA) is 76.4 Å². The Morgan fingerprint density at radius 1 is 1.62 bits per heavy atom. The number of hydrogen-bond donors (Lipinski definition) is 2. The summed E-state index contributed by atoms with van der Waals surface area (Å²) in [6.07, 6.45) is 4.32. The number of nitrogens with two attached hydrogens (primary N) is 1. The van der Waals surface area contributed by atoms with E-state index in [4.69, 9.17) is 5.73 Å². The molecule has 5 heteroatoms. The van der Waals surface area contributed by atoms with Crippen molar-refractivity contribution in [2.24, 2.45) is 5.73 Å². The summed E-state index contributed by atoms with van der Waals surface area (Å²) in [4.78, 5) is 4.10. The monoisotopic (exact) mass is 178 g/mol. The minimum atomic E-state index is -0.666. The van der Waals surface area contributed by atoms with Crippen molar-refractivity contribution < 1.29 is 5.11 Å². The summed E-state index contributed by atoms with van der Waals surface area (Å²) in [7, 11) is 0. The van der Waals surface area contributed by atoms with Crippen molar-refractivity contribution in [2.45, 2.75) is 6.10 Å². The van der Waals surface area contributed by atoms with Gasteiger partial charge in [-0.3, -0.25) is 0 Å². The van der Waals surface area contributed by atoms with Crippen molar-refractivity contribution in [1.82, 2.24) is 14.6 Å². The largest absolute Gasteiger partial charge is 0.387 e. The van der Waals surface area contributed by atoms with Crippen molar-refractivity contribution in [3.8, 4) is 0 Å². The number of hydrogen-bond acceptors (Lipinski definition) is 4. The molecule has 0 saturated heterocycles. The first kappa shape index (κ1) is 8.15. The number of aliphatic hydroxyl groups excluding tert-OH is 1. The van der Waals surface area contributed by atoms with Crippen LogP contribution in [0.3, 0.4) is 0 Å². The van der Waals surface area contributed by atoms with Gasteiger partial charge in [-0.25, -0.2) is 9.50 Å². The first-order valence-corrected chi connectivity index (χ1v) is 3.98. The summed E-state index contributed by atoms with van der Waals surface area (Å²) in [6, 6.07) is 1.79. The molecule has 0 aliphatic heterocycles. The summed E-state index contributed by atoms with van der Waals surface area (Å²) < 4.78 is 1.61. The number of aliphatic hydroxyl groups is 1. The van der Waals surface area contributed by atoms with E-state index in [0.717, 1.165) is 5.65 Å². The van der Waals surface area contributed by atoms with E-state index in [0.29, 0.717) is 5.56 Å². The average Bonchev–Trinajstić information content (AvgIpc) is 2.63. The van der Waals surface area contributed by atoms with Gasteiger partial charge in [-0.2, -0.15) is 5.10 Å². The number of fused-ring (bicyclic) bond motifs is 1. The van der Waals surface area contributed by atoms with Crippen molar-refractivity contribution in [3.05, 3.63) is 30.2 Å². The Bertz CT molecular complexity index is 411. The molecule has 0 spiro atoms. The van der Waals surface area contributed by atoms with Crippen molar-refractivity contribution in [3.63, 3.8) is 0 Å². The predicted molar refractivity (Wildman–Crippen MR) is 47.0 cm³/mol. The minimum Gasteiger partial charge on any atom is -0.387 e. The number of aromatic nitrogens is 3. The third kappa shape index (κ3) is 1.39. The van der Waals surface area contributed by atoms with E-state index < -0.39 is 6.10 Å². The van der Waals surface area contributed by atoms with Gasteiger partial charge in [-0.1, -0.05) is 0 Å². The van der Waals surface area contributed by atoms with Gasteiger partial charge < -0.3 is 10.8 Å². The highest BCUT2D eigenvalue weighted by atomic mass is 16.3. The lowest BCUT2D eigenvalue weighted by Gasteiger charge is -2.06. The van der Waals surface area contributed by atoms with Gasteiger partial charge in [-0.05, 0) is 0 Å². The van der Waals surface area contributed by atoms with Gasteiger partial charge in [-0.15, -0.1) is 0 Å². The molecular formula is C8H10N4O. The molecule has 0 aliphatic rings. The van der Waals surface area contributed by atoms with Crippen LogP contribution in [0.15, 0.2) is 24.7 Å². The fourth-order valence-electron chi connectivity index (χ4n) is 1.13. The molecule has 3 N–H and O–H groups in total. The molecule has 2 aromatic heterocycles. The standard InChI is InChI=1S/C8H10N4O/c9-3-7(13)6-4-10-8-1-2-11-12(8)5-6/h1-2,4-5,7,13H,3,9H2/t7-/m1/s1. The minimum absolute atomic E-state index is 0.189. The van der Waals surface area contributed by atoms with Crippen LogP contribution < -0.4 is 5.73 Å². The Kier molecular flexibility index (Phi) is 1.96. The summed E-state index contributed by atoms with van der Waals surface area (Å²) >= 11 is 0. The van der Waals surface area contributed by atoms with Gasteiger partial charge in [0.15, 0.2) is 5.65 Å². The highest BCUT2D eigenvalue weighted by Crippen LogP contribution is 2.09. The molecule has 2 heterocycles. The first-order valence-electron chi connectivity index (χ1n) is 3.98. The molecule has 13 heavy (non-hydrogen) atoms. The third-order valence-corrected chi connectivity index (χ3v) is 1.87. The molecule has 1 atom stereocenters. The van der Waals surface area contributed by atoms with Crippen LogP contribution in [0.5, 0.6) is 0 Å². The lowest BCUT2D eigenvalue weighted by atomic mass is 10.2. The molecule has 0 aromatic carbocycles. The molecule has 2 rings (SSSR count). The van der Waals surface area contributed by atoms with E-state index in [9.17, 15) is 5.11 Å². The Hall–Kier alpha value is -1.46. The summed E-state index contributed by atoms with van der Waals surface area (Å²) in [6.45, 7) is 0.189. The third-order valence-electron chi connectivity index (χ3n) is 1.87. The van der Waals surface area contributed by atoms with Crippen LogP contribution in [-0.4, -0.2) is 26.2 Å². The summed E-state index contributed by atoms with van der Waals surface area (Å²) in [5.74, 6) is 0. The molecule has 2 aromatic rings. The molecule has 0 bridgehead atoms. The average molecular weight is 178 g/mol. The summed E-state index contributed by atoms with van der Waals surface area (Å²) in [5.41, 5.74) is 6.75. The highest BCUT2D eigenvalue weighted by molar-refractivity contribution is 5.36. The van der Waals surface area contributed by atoms with E-state index in [2.05, 4.69) is 10.1 Å². The zero-order chi connectivity index (χ0) is 9.26. The maximum absolute atomic E-state index is 9.42. The fraction of sp³-hybridized carbons (Fsp3) is 0.250. The van der Waals surface area contributed by atoms with Crippen LogP contribution in [0.25, 0.3) is 5.65 Å². The van der Waals surface area contributed by atoms with E-state index >= 15 is 0 Å². The lowest BCUT2D eigenvalue weighted by Crippen LogP contribution is -2.12. The second-order valence-electron chi connectivity index (χ2n) is 2.77. The maximum Gasteiger partial charge on any atom is 0.154 e. The van der Waals surface area contributed by atoms with Gasteiger partial charge in [0.25, 0.3) is 0 Å². The maximum atomic E-state index is 9.42. The van der Waals surface area contributed by atoms with Crippen LogP contribution in [-0.2, 0) is 0 Å². The summed E-state index contributed by atoms with van der Waals surface area (Å²) in [5, 5.41) is 13.4. The molecule has 0 fully saturated rings. The van der Waals surface area contributed by atoms with E-state index in [-0.39, 0.29) is 6.54 Å². The van der Waals surface area contributed by atoms with E-state index in [1.165, 1.54) is 0 Å². The second-order valence-corrected chi connectivity index (χ2v) is 2.77. The molecule has 0 unspecified atom stereocenters. The Labute approximate surface area is 74.8 Å². The lowest BCUT2D eigenvalue weighted by molar-refractivity contribution is 0.185. The van der Waals surface area contributed by atoms with Crippen LogP contribution in [0.2, 0.25) is 0 Å². The normalized spacial score (nSPS) is 13.4. The molecular weight excluding hydrogens is 168 g/mol. The van der Waals surface area contributed by atoms with Gasteiger partial charge >= 0.3 is 0 Å². The van der Waals surface area contributed by atoms with Crippen molar-refractivity contribution in [1.29, 1.82) is 0 Å². The quantitative estimate of drug-likeness (QED) is 0.663. The van der Waals surface area contributed by atoms with E-state index in [1.54, 1.807) is 29.2 Å². The van der Waals surface area contributed by atoms with Gasteiger partial charge in [0.1, 0.15) is 0 Å². The highest BCUT2D eigenvalue weighted by Gasteiger charge is 2.06.